The summed E-state index contributed by atoms with van der Waals surface area (Å²) >= 11 is 0. The van der Waals surface area contributed by atoms with E-state index in [1.807, 2.05) is 19.1 Å². The second-order valence-corrected chi connectivity index (χ2v) is 2.09. The summed E-state index contributed by atoms with van der Waals surface area (Å²) in [6, 6.07) is 0. The van der Waals surface area contributed by atoms with Crippen LogP contribution in [0.1, 0.15) is 18.3 Å². The molecule has 3 nitrogen and oxygen atoms in total. The SMILES string of the molecule is C/C=C\c1nc[nH]c1C=NC. The zero-order valence-corrected chi connectivity index (χ0v) is 6.70. The smallest absolute Gasteiger partial charge is 0.0932 e. The van der Waals surface area contributed by atoms with Gasteiger partial charge >= 0.3 is 0 Å². The van der Waals surface area contributed by atoms with Crippen molar-refractivity contribution in [2.75, 3.05) is 7.05 Å². The summed E-state index contributed by atoms with van der Waals surface area (Å²) in [4.78, 5) is 11.0. The molecule has 0 atom stereocenters. The first-order valence-electron chi connectivity index (χ1n) is 3.46. The number of hydrogen-bond acceptors (Lipinski definition) is 2. The number of aliphatic imine (C=N–C) groups is 1. The molecule has 0 fully saturated rings. The van der Waals surface area contributed by atoms with Gasteiger partial charge in [0.1, 0.15) is 0 Å². The standard InChI is InChI=1S/C8H11N3/c1-3-4-7-8(5-9-2)11-6-10-7/h3-6H,1-2H3,(H,10,11)/b4-3-,9-5?. The predicted octanol–water partition coefficient (Wildman–Crippen LogP) is 1.49. The van der Waals surface area contributed by atoms with Crippen LogP contribution in [0.25, 0.3) is 6.08 Å². The molecule has 0 aliphatic carbocycles. The molecule has 1 heterocycles. The topological polar surface area (TPSA) is 41.0 Å². The summed E-state index contributed by atoms with van der Waals surface area (Å²) < 4.78 is 0. The minimum absolute atomic E-state index is 0.929. The highest BCUT2D eigenvalue weighted by molar-refractivity contribution is 5.81. The lowest BCUT2D eigenvalue weighted by Crippen LogP contribution is -1.83. The Hall–Kier alpha value is -1.38. The van der Waals surface area contributed by atoms with Gasteiger partial charge in [-0.1, -0.05) is 6.08 Å². The Bertz CT molecular complexity index is 244. The number of imidazole rings is 1. The summed E-state index contributed by atoms with van der Waals surface area (Å²) in [6.45, 7) is 1.96. The maximum atomic E-state index is 4.09. The molecule has 0 bridgehead atoms. The number of hydrogen-bond donors (Lipinski definition) is 1. The van der Waals surface area contributed by atoms with E-state index >= 15 is 0 Å². The molecular formula is C8H11N3. The van der Waals surface area contributed by atoms with Gasteiger partial charge < -0.3 is 4.98 Å². The molecule has 1 aromatic heterocycles. The molecule has 3 heteroatoms. The van der Waals surface area contributed by atoms with Gasteiger partial charge in [-0.05, 0) is 13.0 Å². The lowest BCUT2D eigenvalue weighted by molar-refractivity contribution is 1.30. The van der Waals surface area contributed by atoms with Crippen molar-refractivity contribution >= 4 is 12.3 Å². The highest BCUT2D eigenvalue weighted by Gasteiger charge is 1.96. The average molecular weight is 149 g/mol. The fourth-order valence-corrected chi connectivity index (χ4v) is 0.838. The number of nitrogens with zero attached hydrogens (tertiary/aromatic N) is 2. The summed E-state index contributed by atoms with van der Waals surface area (Å²) in [5, 5.41) is 0. The zero-order chi connectivity index (χ0) is 8.10. The number of aromatic nitrogens is 2. The van der Waals surface area contributed by atoms with Gasteiger partial charge in [0.25, 0.3) is 0 Å². The van der Waals surface area contributed by atoms with E-state index in [-0.39, 0.29) is 0 Å². The van der Waals surface area contributed by atoms with Gasteiger partial charge in [-0.25, -0.2) is 4.98 Å². The quantitative estimate of drug-likeness (QED) is 0.636. The van der Waals surface area contributed by atoms with Crippen LogP contribution in [0.2, 0.25) is 0 Å². The third kappa shape index (κ3) is 1.77. The summed E-state index contributed by atoms with van der Waals surface area (Å²) in [5.41, 5.74) is 1.88. The van der Waals surface area contributed by atoms with Crippen LogP contribution in [0.5, 0.6) is 0 Å². The number of rotatable bonds is 2. The Kier molecular flexibility index (Phi) is 2.60. The normalized spacial score (nSPS) is 11.8. The zero-order valence-electron chi connectivity index (χ0n) is 6.70. The van der Waals surface area contributed by atoms with Gasteiger partial charge in [0.05, 0.1) is 17.7 Å². The first kappa shape index (κ1) is 7.72. The van der Waals surface area contributed by atoms with Crippen molar-refractivity contribution in [3.8, 4) is 0 Å². The third-order valence-electron chi connectivity index (χ3n) is 1.28. The first-order valence-corrected chi connectivity index (χ1v) is 3.46. The molecule has 0 saturated heterocycles. The van der Waals surface area contributed by atoms with Gasteiger partial charge in [-0.15, -0.1) is 0 Å². The van der Waals surface area contributed by atoms with Gasteiger partial charge in [-0.3, -0.25) is 4.99 Å². The fraction of sp³-hybridized carbons (Fsp3) is 0.250. The minimum atomic E-state index is 0.929. The molecule has 1 rings (SSSR count). The van der Waals surface area contributed by atoms with E-state index in [0.717, 1.165) is 11.4 Å². The van der Waals surface area contributed by atoms with E-state index in [2.05, 4.69) is 15.0 Å². The minimum Gasteiger partial charge on any atom is -0.343 e. The Morgan fingerprint density at radius 1 is 1.64 bits per heavy atom. The van der Waals surface area contributed by atoms with Crippen molar-refractivity contribution in [3.05, 3.63) is 23.8 Å². The third-order valence-corrected chi connectivity index (χ3v) is 1.28. The van der Waals surface area contributed by atoms with E-state index in [1.54, 1.807) is 19.6 Å². The van der Waals surface area contributed by atoms with Crippen molar-refractivity contribution in [3.63, 3.8) is 0 Å². The van der Waals surface area contributed by atoms with Crippen LogP contribution in [0.4, 0.5) is 0 Å². The van der Waals surface area contributed by atoms with Gasteiger partial charge in [-0.2, -0.15) is 0 Å². The maximum absolute atomic E-state index is 4.09. The average Bonchev–Trinajstić information content (AvgIpc) is 2.39. The lowest BCUT2D eigenvalue weighted by Gasteiger charge is -1.86. The fourth-order valence-electron chi connectivity index (χ4n) is 0.838. The molecule has 1 aromatic rings. The van der Waals surface area contributed by atoms with Crippen molar-refractivity contribution < 1.29 is 0 Å². The molecule has 0 spiro atoms. The van der Waals surface area contributed by atoms with Crippen molar-refractivity contribution in [2.45, 2.75) is 6.92 Å². The van der Waals surface area contributed by atoms with Crippen LogP contribution in [0.3, 0.4) is 0 Å². The van der Waals surface area contributed by atoms with E-state index in [0.29, 0.717) is 0 Å². The van der Waals surface area contributed by atoms with Crippen LogP contribution in [-0.4, -0.2) is 23.2 Å². The Labute approximate surface area is 65.9 Å². The van der Waals surface area contributed by atoms with E-state index in [1.165, 1.54) is 0 Å². The summed E-state index contributed by atoms with van der Waals surface area (Å²) in [5.74, 6) is 0. The van der Waals surface area contributed by atoms with Crippen molar-refractivity contribution in [2.24, 2.45) is 4.99 Å². The number of nitrogens with one attached hydrogen (secondary N) is 1. The van der Waals surface area contributed by atoms with E-state index < -0.39 is 0 Å². The number of allylic oxidation sites excluding steroid dienone is 1. The van der Waals surface area contributed by atoms with E-state index in [9.17, 15) is 0 Å². The van der Waals surface area contributed by atoms with Gasteiger partial charge in [0, 0.05) is 13.3 Å². The molecule has 1 N–H and O–H groups in total. The predicted molar refractivity (Wildman–Crippen MR) is 46.8 cm³/mol. The molecular weight excluding hydrogens is 138 g/mol. The van der Waals surface area contributed by atoms with Crippen LogP contribution >= 0.6 is 0 Å². The Morgan fingerprint density at radius 3 is 3.09 bits per heavy atom. The summed E-state index contributed by atoms with van der Waals surface area (Å²) in [7, 11) is 1.74. The van der Waals surface area contributed by atoms with Crippen LogP contribution in [-0.2, 0) is 0 Å². The lowest BCUT2D eigenvalue weighted by atomic mass is 10.3. The Balaban J connectivity index is 2.95. The second kappa shape index (κ2) is 3.71. The monoisotopic (exact) mass is 149 g/mol. The molecule has 0 unspecified atom stereocenters. The molecule has 0 saturated carbocycles. The summed E-state index contributed by atoms with van der Waals surface area (Å²) in [6.07, 6.45) is 7.30. The van der Waals surface area contributed by atoms with Crippen LogP contribution in [0, 0.1) is 0 Å². The second-order valence-electron chi connectivity index (χ2n) is 2.09. The number of aromatic amines is 1. The number of H-pyrrole nitrogens is 1. The first-order chi connectivity index (χ1) is 5.38. The highest BCUT2D eigenvalue weighted by Crippen LogP contribution is 2.01. The van der Waals surface area contributed by atoms with Crippen molar-refractivity contribution in [1.29, 1.82) is 0 Å². The molecule has 58 valence electrons. The largest absolute Gasteiger partial charge is 0.343 e. The maximum Gasteiger partial charge on any atom is 0.0932 e. The van der Waals surface area contributed by atoms with E-state index in [4.69, 9.17) is 0 Å². The van der Waals surface area contributed by atoms with Crippen molar-refractivity contribution in [1.82, 2.24) is 9.97 Å². The molecule has 11 heavy (non-hydrogen) atoms. The van der Waals surface area contributed by atoms with Crippen LogP contribution in [0.15, 0.2) is 17.4 Å². The highest BCUT2D eigenvalue weighted by atomic mass is 14.9. The molecule has 0 aliphatic heterocycles. The molecule has 0 aliphatic rings. The molecule has 0 radical (unpaired) electrons. The van der Waals surface area contributed by atoms with Crippen LogP contribution < -0.4 is 0 Å². The molecule has 0 amide bonds. The molecule has 0 aromatic carbocycles. The van der Waals surface area contributed by atoms with Gasteiger partial charge in [0.15, 0.2) is 0 Å². The Morgan fingerprint density at radius 2 is 2.45 bits per heavy atom. The van der Waals surface area contributed by atoms with Gasteiger partial charge in [0.2, 0.25) is 0 Å².